The Balaban J connectivity index is 0.00000131. The highest BCUT2D eigenvalue weighted by Crippen LogP contribution is 2.28. The van der Waals surface area contributed by atoms with E-state index in [2.05, 4.69) is 10.6 Å². The summed E-state index contributed by atoms with van der Waals surface area (Å²) in [4.78, 5) is 25.6. The average Bonchev–Trinajstić information content (AvgIpc) is 3.19. The summed E-state index contributed by atoms with van der Waals surface area (Å²) in [6.07, 6.45) is 4.73. The molecule has 0 saturated carbocycles. The van der Waals surface area contributed by atoms with E-state index >= 15 is 0 Å². The molecule has 2 fully saturated rings. The van der Waals surface area contributed by atoms with E-state index in [4.69, 9.17) is 0 Å². The lowest BCUT2D eigenvalue weighted by atomic mass is 9.95. The number of carbonyl (C=O) groups excluding carboxylic acids is 1. The van der Waals surface area contributed by atoms with Crippen LogP contribution in [0.15, 0.2) is 41.3 Å². The number of nitrogens with zero attached hydrogens (tertiary/aromatic N) is 1. The van der Waals surface area contributed by atoms with Gasteiger partial charge in [-0.25, -0.2) is 4.39 Å². The summed E-state index contributed by atoms with van der Waals surface area (Å²) >= 11 is 0. The number of fused-ring (bicyclic) bond motifs is 2. The Morgan fingerprint density at radius 2 is 1.89 bits per heavy atom. The van der Waals surface area contributed by atoms with Crippen molar-refractivity contribution >= 4 is 30.7 Å². The van der Waals surface area contributed by atoms with Crippen LogP contribution in [0.25, 0.3) is 5.69 Å². The lowest BCUT2D eigenvalue weighted by Gasteiger charge is -2.22. The molecule has 4 rings (SSSR count). The summed E-state index contributed by atoms with van der Waals surface area (Å²) in [6.45, 7) is 1.75. The van der Waals surface area contributed by atoms with Crippen LogP contribution in [0.1, 0.15) is 35.2 Å². The number of carbonyl (C=O) groups is 1. The Morgan fingerprint density at radius 3 is 2.48 bits per heavy atom. The third kappa shape index (κ3) is 4.03. The van der Waals surface area contributed by atoms with Crippen LogP contribution < -0.4 is 16.2 Å². The maximum absolute atomic E-state index is 13.1. The molecular formula is C19H22Cl2FN3O2. The second-order valence-electron chi connectivity index (χ2n) is 6.89. The third-order valence-corrected chi connectivity index (χ3v) is 5.25. The zero-order valence-corrected chi connectivity index (χ0v) is 16.4. The van der Waals surface area contributed by atoms with Crippen molar-refractivity contribution in [3.63, 3.8) is 0 Å². The Kier molecular flexibility index (Phi) is 6.68. The fourth-order valence-corrected chi connectivity index (χ4v) is 3.93. The van der Waals surface area contributed by atoms with Gasteiger partial charge in [0.05, 0.1) is 0 Å². The molecule has 2 saturated heterocycles. The van der Waals surface area contributed by atoms with Crippen LogP contribution in [0.5, 0.6) is 0 Å². The largest absolute Gasteiger partial charge is 0.347 e. The maximum Gasteiger partial charge on any atom is 0.268 e. The highest BCUT2D eigenvalue weighted by molar-refractivity contribution is 5.95. The quantitative estimate of drug-likeness (QED) is 0.812. The molecule has 27 heavy (non-hydrogen) atoms. The molecule has 2 aliphatic heterocycles. The number of amides is 1. The lowest BCUT2D eigenvalue weighted by Crippen LogP contribution is -2.45. The van der Waals surface area contributed by atoms with Gasteiger partial charge in [0.15, 0.2) is 0 Å². The molecule has 8 heteroatoms. The van der Waals surface area contributed by atoms with Gasteiger partial charge in [-0.15, -0.1) is 24.8 Å². The van der Waals surface area contributed by atoms with E-state index in [1.807, 2.05) is 0 Å². The van der Waals surface area contributed by atoms with Gasteiger partial charge in [-0.2, -0.15) is 0 Å². The number of pyridine rings is 1. The third-order valence-electron chi connectivity index (χ3n) is 5.25. The average molecular weight is 414 g/mol. The van der Waals surface area contributed by atoms with Gasteiger partial charge >= 0.3 is 0 Å². The number of hydrogen-bond acceptors (Lipinski definition) is 3. The Hall–Kier alpha value is -1.89. The number of hydrogen-bond donors (Lipinski definition) is 2. The molecule has 1 aromatic carbocycles. The van der Waals surface area contributed by atoms with Gasteiger partial charge in [0.1, 0.15) is 11.4 Å². The molecule has 1 aromatic heterocycles. The van der Waals surface area contributed by atoms with Gasteiger partial charge in [-0.1, -0.05) is 0 Å². The summed E-state index contributed by atoms with van der Waals surface area (Å²) in [5.41, 5.74) is 0.925. The van der Waals surface area contributed by atoms with Crippen molar-refractivity contribution < 1.29 is 9.18 Å². The second kappa shape index (κ2) is 8.42. The number of aryl methyl sites for hydroxylation is 1. The normalized spacial score (nSPS) is 22.7. The van der Waals surface area contributed by atoms with Crippen LogP contribution in [0.2, 0.25) is 0 Å². The van der Waals surface area contributed by atoms with Gasteiger partial charge in [-0.05, 0) is 62.1 Å². The maximum atomic E-state index is 13.1. The standard InChI is InChI=1S/C19H20FN3O2.2ClH/c1-11-8-9-23(14-5-2-12(20)3-6-14)19(25)17(11)18(24)22-16-10-13-4-7-15(16)21-13;;/h2-3,5-6,8-9,13,15-16,21H,4,7,10H2,1H3,(H,22,24);2*1H/t13-,15+,16+;;/m1../s1. The predicted octanol–water partition coefficient (Wildman–Crippen LogP) is 2.75. The Bertz CT molecular complexity index is 886. The molecule has 0 spiro atoms. The number of benzene rings is 1. The first-order chi connectivity index (χ1) is 12.0. The minimum Gasteiger partial charge on any atom is -0.347 e. The highest BCUT2D eigenvalue weighted by atomic mass is 35.5. The molecule has 2 bridgehead atoms. The van der Waals surface area contributed by atoms with E-state index in [1.54, 1.807) is 19.2 Å². The smallest absolute Gasteiger partial charge is 0.268 e. The van der Waals surface area contributed by atoms with Crippen LogP contribution in [-0.2, 0) is 0 Å². The molecular weight excluding hydrogens is 392 g/mol. The van der Waals surface area contributed by atoms with Crippen LogP contribution in [0, 0.1) is 12.7 Å². The summed E-state index contributed by atoms with van der Waals surface area (Å²) < 4.78 is 14.5. The first kappa shape index (κ1) is 21.4. The zero-order chi connectivity index (χ0) is 17.6. The molecule has 0 unspecified atom stereocenters. The fourth-order valence-electron chi connectivity index (χ4n) is 3.93. The van der Waals surface area contributed by atoms with Crippen molar-refractivity contribution in [2.75, 3.05) is 0 Å². The van der Waals surface area contributed by atoms with Crippen molar-refractivity contribution in [1.29, 1.82) is 0 Å². The minimum absolute atomic E-state index is 0. The minimum atomic E-state index is -0.389. The molecule has 2 aromatic rings. The van der Waals surface area contributed by atoms with Gasteiger partial charge in [-0.3, -0.25) is 14.2 Å². The summed E-state index contributed by atoms with van der Waals surface area (Å²) in [5.74, 6) is -0.705. The molecule has 2 N–H and O–H groups in total. The Morgan fingerprint density at radius 1 is 1.19 bits per heavy atom. The van der Waals surface area contributed by atoms with Crippen LogP contribution in [-0.4, -0.2) is 28.6 Å². The van der Waals surface area contributed by atoms with E-state index < -0.39 is 0 Å². The van der Waals surface area contributed by atoms with Crippen LogP contribution in [0.4, 0.5) is 4.39 Å². The van der Waals surface area contributed by atoms with Gasteiger partial charge in [0, 0.05) is 30.0 Å². The molecule has 3 heterocycles. The van der Waals surface area contributed by atoms with E-state index in [-0.39, 0.29) is 53.7 Å². The molecule has 2 aliphatic rings. The lowest BCUT2D eigenvalue weighted by molar-refractivity contribution is 0.0928. The van der Waals surface area contributed by atoms with Crippen molar-refractivity contribution in [2.24, 2.45) is 0 Å². The van der Waals surface area contributed by atoms with Crippen LogP contribution in [0.3, 0.4) is 0 Å². The van der Waals surface area contributed by atoms with Crippen molar-refractivity contribution in [2.45, 2.75) is 44.3 Å². The fraction of sp³-hybridized carbons (Fsp3) is 0.368. The molecule has 3 atom stereocenters. The predicted molar refractivity (Wildman–Crippen MR) is 107 cm³/mol. The van der Waals surface area contributed by atoms with Crippen LogP contribution >= 0.6 is 24.8 Å². The number of halogens is 3. The van der Waals surface area contributed by atoms with E-state index in [9.17, 15) is 14.0 Å². The summed E-state index contributed by atoms with van der Waals surface area (Å²) in [6, 6.07) is 8.22. The zero-order valence-electron chi connectivity index (χ0n) is 14.8. The SMILES string of the molecule is Cc1ccn(-c2ccc(F)cc2)c(=O)c1C(=O)N[C@H]1C[C@H]2CC[C@@H]1N2.Cl.Cl. The number of nitrogens with one attached hydrogen (secondary N) is 2. The second-order valence-corrected chi connectivity index (χ2v) is 6.89. The molecule has 146 valence electrons. The molecule has 1 amide bonds. The van der Waals surface area contributed by atoms with Crippen molar-refractivity contribution in [1.82, 2.24) is 15.2 Å². The first-order valence-electron chi connectivity index (χ1n) is 8.58. The Labute approximate surface area is 169 Å². The van der Waals surface area contributed by atoms with Crippen molar-refractivity contribution in [3.8, 4) is 5.69 Å². The molecule has 5 nitrogen and oxygen atoms in total. The van der Waals surface area contributed by atoms with E-state index in [0.29, 0.717) is 23.3 Å². The molecule has 0 aliphatic carbocycles. The number of rotatable bonds is 3. The van der Waals surface area contributed by atoms with E-state index in [0.717, 1.165) is 19.3 Å². The highest BCUT2D eigenvalue weighted by Gasteiger charge is 2.40. The summed E-state index contributed by atoms with van der Waals surface area (Å²) in [5, 5.41) is 6.49. The van der Waals surface area contributed by atoms with Gasteiger partial charge in [0.2, 0.25) is 0 Å². The van der Waals surface area contributed by atoms with E-state index in [1.165, 1.54) is 28.8 Å². The topological polar surface area (TPSA) is 63.1 Å². The first-order valence-corrected chi connectivity index (χ1v) is 8.58. The van der Waals surface area contributed by atoms with Gasteiger partial charge < -0.3 is 10.6 Å². The van der Waals surface area contributed by atoms with Crippen molar-refractivity contribution in [3.05, 3.63) is 63.8 Å². The molecule has 0 radical (unpaired) electrons. The summed E-state index contributed by atoms with van der Waals surface area (Å²) in [7, 11) is 0. The monoisotopic (exact) mass is 413 g/mol. The van der Waals surface area contributed by atoms with Gasteiger partial charge in [0.25, 0.3) is 11.5 Å². The number of aromatic nitrogens is 1.